The Labute approximate surface area is 105 Å². The largest absolute Gasteiger partial charge is 0.507 e. The van der Waals surface area contributed by atoms with Crippen LogP contribution in [0.1, 0.15) is 17.3 Å². The predicted molar refractivity (Wildman–Crippen MR) is 65.7 cm³/mol. The maximum atomic E-state index is 11.8. The molecule has 0 aliphatic carbocycles. The average Bonchev–Trinajstić information content (AvgIpc) is 2.37. The zero-order chi connectivity index (χ0) is 13.7. The summed E-state index contributed by atoms with van der Waals surface area (Å²) >= 11 is 0. The van der Waals surface area contributed by atoms with E-state index in [1.54, 1.807) is 13.0 Å². The number of aromatic hydroxyl groups is 1. The van der Waals surface area contributed by atoms with Gasteiger partial charge in [-0.3, -0.25) is 9.59 Å². The summed E-state index contributed by atoms with van der Waals surface area (Å²) in [5, 5.41) is 14.6. The highest BCUT2D eigenvalue weighted by molar-refractivity contribution is 5.99. The van der Waals surface area contributed by atoms with Gasteiger partial charge in [0.2, 0.25) is 5.91 Å². The second-order valence-corrected chi connectivity index (χ2v) is 3.69. The summed E-state index contributed by atoms with van der Waals surface area (Å²) in [4.78, 5) is 23.1. The van der Waals surface area contributed by atoms with Gasteiger partial charge >= 0.3 is 0 Å². The number of hydrogen-bond acceptors (Lipinski definition) is 4. The fourth-order valence-electron chi connectivity index (χ4n) is 1.39. The molecule has 2 amide bonds. The second kappa shape index (κ2) is 5.90. The van der Waals surface area contributed by atoms with Crippen LogP contribution in [0.2, 0.25) is 0 Å². The number of phenolic OH excluding ortho intramolecular Hbond substituents is 1. The number of phenols is 1. The molecule has 0 aliphatic rings. The summed E-state index contributed by atoms with van der Waals surface area (Å²) in [5.41, 5.74) is 0.0894. The molecular weight excluding hydrogens is 236 g/mol. The molecule has 6 heteroatoms. The normalized spacial score (nSPS) is 11.5. The zero-order valence-corrected chi connectivity index (χ0v) is 10.5. The Morgan fingerprint density at radius 3 is 2.56 bits per heavy atom. The number of carbonyl (C=O) groups excluding carboxylic acids is 2. The van der Waals surface area contributed by atoms with Crippen LogP contribution in [0, 0.1) is 0 Å². The van der Waals surface area contributed by atoms with Gasteiger partial charge in [-0.15, -0.1) is 0 Å². The SMILES string of the molecule is CNC(=O)C(C)NC(=O)c1ccc(OC)cc1O. The van der Waals surface area contributed by atoms with E-state index >= 15 is 0 Å². The van der Waals surface area contributed by atoms with E-state index in [0.29, 0.717) is 5.75 Å². The Morgan fingerprint density at radius 2 is 2.06 bits per heavy atom. The van der Waals surface area contributed by atoms with Gasteiger partial charge in [-0.25, -0.2) is 0 Å². The number of rotatable bonds is 4. The standard InChI is InChI=1S/C12H16N2O4/c1-7(11(16)13-2)14-12(17)9-5-4-8(18-3)6-10(9)15/h4-7,15H,1-3H3,(H,13,16)(H,14,17). The Balaban J connectivity index is 2.82. The van der Waals surface area contributed by atoms with Gasteiger partial charge in [0.15, 0.2) is 0 Å². The molecule has 3 N–H and O–H groups in total. The van der Waals surface area contributed by atoms with Crippen molar-refractivity contribution in [1.29, 1.82) is 0 Å². The fourth-order valence-corrected chi connectivity index (χ4v) is 1.39. The number of ether oxygens (including phenoxy) is 1. The monoisotopic (exact) mass is 252 g/mol. The summed E-state index contributed by atoms with van der Waals surface area (Å²) in [7, 11) is 2.94. The molecule has 0 saturated carbocycles. The molecule has 1 aromatic carbocycles. The van der Waals surface area contributed by atoms with E-state index in [-0.39, 0.29) is 17.2 Å². The van der Waals surface area contributed by atoms with Crippen LogP contribution in [0.5, 0.6) is 11.5 Å². The minimum atomic E-state index is -0.677. The molecule has 1 rings (SSSR count). The fraction of sp³-hybridized carbons (Fsp3) is 0.333. The van der Waals surface area contributed by atoms with Crippen LogP contribution in [0.25, 0.3) is 0 Å². The van der Waals surface area contributed by atoms with Gasteiger partial charge in [0, 0.05) is 13.1 Å². The summed E-state index contributed by atoms with van der Waals surface area (Å²) in [6, 6.07) is 3.64. The Bertz CT molecular complexity index is 459. The van der Waals surface area contributed by atoms with E-state index in [2.05, 4.69) is 10.6 Å². The zero-order valence-electron chi connectivity index (χ0n) is 10.5. The van der Waals surface area contributed by atoms with Gasteiger partial charge < -0.3 is 20.5 Å². The van der Waals surface area contributed by atoms with Crippen LogP contribution >= 0.6 is 0 Å². The third-order valence-corrected chi connectivity index (χ3v) is 2.44. The van der Waals surface area contributed by atoms with Crippen LogP contribution in [0.3, 0.4) is 0 Å². The number of carbonyl (C=O) groups is 2. The number of nitrogens with one attached hydrogen (secondary N) is 2. The van der Waals surface area contributed by atoms with Crippen molar-refractivity contribution in [1.82, 2.24) is 10.6 Å². The molecule has 0 saturated heterocycles. The first kappa shape index (κ1) is 13.8. The molecular formula is C12H16N2O4. The molecule has 0 radical (unpaired) electrons. The molecule has 6 nitrogen and oxygen atoms in total. The van der Waals surface area contributed by atoms with Crippen molar-refractivity contribution in [2.75, 3.05) is 14.2 Å². The number of hydrogen-bond donors (Lipinski definition) is 3. The highest BCUT2D eigenvalue weighted by Crippen LogP contribution is 2.23. The van der Waals surface area contributed by atoms with Crippen molar-refractivity contribution in [2.24, 2.45) is 0 Å². The summed E-state index contributed by atoms with van der Waals surface area (Å²) < 4.78 is 4.91. The smallest absolute Gasteiger partial charge is 0.255 e. The summed E-state index contributed by atoms with van der Waals surface area (Å²) in [5.74, 6) is -0.582. The van der Waals surface area contributed by atoms with Crippen LogP contribution in [0.15, 0.2) is 18.2 Å². The quantitative estimate of drug-likeness (QED) is 0.717. The van der Waals surface area contributed by atoms with E-state index in [1.165, 1.54) is 26.3 Å². The van der Waals surface area contributed by atoms with Gasteiger partial charge in [0.25, 0.3) is 5.91 Å². The maximum Gasteiger partial charge on any atom is 0.255 e. The number of likely N-dealkylation sites (N-methyl/N-ethyl adjacent to an activating group) is 1. The van der Waals surface area contributed by atoms with Gasteiger partial charge in [-0.1, -0.05) is 0 Å². The number of amides is 2. The molecule has 0 aromatic heterocycles. The van der Waals surface area contributed by atoms with Crippen molar-refractivity contribution >= 4 is 11.8 Å². The molecule has 18 heavy (non-hydrogen) atoms. The Hall–Kier alpha value is -2.24. The van der Waals surface area contributed by atoms with E-state index in [9.17, 15) is 14.7 Å². The predicted octanol–water partition coefficient (Wildman–Crippen LogP) is 0.265. The second-order valence-electron chi connectivity index (χ2n) is 3.69. The summed E-state index contributed by atoms with van der Waals surface area (Å²) in [6.07, 6.45) is 0. The van der Waals surface area contributed by atoms with Crippen LogP contribution in [-0.2, 0) is 4.79 Å². The average molecular weight is 252 g/mol. The lowest BCUT2D eigenvalue weighted by Crippen LogP contribution is -2.43. The Morgan fingerprint density at radius 1 is 1.39 bits per heavy atom. The lowest BCUT2D eigenvalue weighted by atomic mass is 10.1. The van der Waals surface area contributed by atoms with Gasteiger partial charge in [0.1, 0.15) is 17.5 Å². The van der Waals surface area contributed by atoms with Crippen molar-refractivity contribution in [3.05, 3.63) is 23.8 Å². The van der Waals surface area contributed by atoms with E-state index in [0.717, 1.165) is 0 Å². The third-order valence-electron chi connectivity index (χ3n) is 2.44. The van der Waals surface area contributed by atoms with Gasteiger partial charge in [0.05, 0.1) is 12.7 Å². The van der Waals surface area contributed by atoms with Crippen molar-refractivity contribution < 1.29 is 19.4 Å². The minimum absolute atomic E-state index is 0.0894. The molecule has 1 unspecified atom stereocenters. The minimum Gasteiger partial charge on any atom is -0.507 e. The molecule has 1 atom stereocenters. The van der Waals surface area contributed by atoms with Crippen molar-refractivity contribution in [3.63, 3.8) is 0 Å². The lowest BCUT2D eigenvalue weighted by molar-refractivity contribution is -0.122. The van der Waals surface area contributed by atoms with E-state index in [4.69, 9.17) is 4.74 Å². The molecule has 0 fully saturated rings. The van der Waals surface area contributed by atoms with Gasteiger partial charge in [-0.05, 0) is 19.1 Å². The van der Waals surface area contributed by atoms with E-state index < -0.39 is 11.9 Å². The topological polar surface area (TPSA) is 87.7 Å². The van der Waals surface area contributed by atoms with Gasteiger partial charge in [-0.2, -0.15) is 0 Å². The number of methoxy groups -OCH3 is 1. The molecule has 0 spiro atoms. The summed E-state index contributed by atoms with van der Waals surface area (Å²) in [6.45, 7) is 1.55. The first-order valence-corrected chi connectivity index (χ1v) is 5.39. The first-order valence-electron chi connectivity index (χ1n) is 5.39. The van der Waals surface area contributed by atoms with Crippen molar-refractivity contribution in [2.45, 2.75) is 13.0 Å². The molecule has 1 aromatic rings. The first-order chi connectivity index (χ1) is 8.49. The highest BCUT2D eigenvalue weighted by atomic mass is 16.5. The van der Waals surface area contributed by atoms with E-state index in [1.807, 2.05) is 0 Å². The van der Waals surface area contributed by atoms with Crippen LogP contribution in [-0.4, -0.2) is 37.1 Å². The highest BCUT2D eigenvalue weighted by Gasteiger charge is 2.17. The number of benzene rings is 1. The lowest BCUT2D eigenvalue weighted by Gasteiger charge is -2.13. The molecule has 0 aliphatic heterocycles. The molecule has 0 heterocycles. The third kappa shape index (κ3) is 3.13. The van der Waals surface area contributed by atoms with Crippen LogP contribution in [0.4, 0.5) is 0 Å². The van der Waals surface area contributed by atoms with Crippen molar-refractivity contribution in [3.8, 4) is 11.5 Å². The Kier molecular flexibility index (Phi) is 4.53. The maximum absolute atomic E-state index is 11.8. The van der Waals surface area contributed by atoms with Crippen LogP contribution < -0.4 is 15.4 Å². The molecule has 0 bridgehead atoms. The molecule has 98 valence electrons.